The quantitative estimate of drug-likeness (QED) is 0.220. The van der Waals surface area contributed by atoms with E-state index < -0.39 is 6.04 Å². The number of halogens is 2. The SMILES string of the molecule is N/C(Cl)=C\N(N)c1ccc(Cl)cc1-c1cc(=O)n(C(Cc2ccccc2)C(=O)NC2CCCCC2)cn1. The monoisotopic (exact) mass is 540 g/mol. The largest absolute Gasteiger partial charge is 0.388 e. The van der Waals surface area contributed by atoms with Crippen molar-refractivity contribution in [3.05, 3.63) is 93.2 Å². The van der Waals surface area contributed by atoms with Gasteiger partial charge in [0.15, 0.2) is 0 Å². The highest BCUT2D eigenvalue weighted by Crippen LogP contribution is 2.31. The van der Waals surface area contributed by atoms with Gasteiger partial charge < -0.3 is 11.1 Å². The number of carbonyl (C=O) groups is 1. The molecule has 3 aromatic rings. The van der Waals surface area contributed by atoms with E-state index >= 15 is 0 Å². The molecule has 1 unspecified atom stereocenters. The smallest absolute Gasteiger partial charge is 0.254 e. The molecule has 37 heavy (non-hydrogen) atoms. The molecule has 1 aliphatic rings. The van der Waals surface area contributed by atoms with Gasteiger partial charge in [-0.3, -0.25) is 19.2 Å². The van der Waals surface area contributed by atoms with Crippen LogP contribution in [-0.2, 0) is 11.2 Å². The molecule has 1 fully saturated rings. The van der Waals surface area contributed by atoms with Crippen LogP contribution in [0.3, 0.4) is 0 Å². The minimum absolute atomic E-state index is 0.0143. The maximum absolute atomic E-state index is 13.4. The van der Waals surface area contributed by atoms with Crippen LogP contribution in [0.4, 0.5) is 5.69 Å². The van der Waals surface area contributed by atoms with Crippen molar-refractivity contribution in [3.8, 4) is 11.3 Å². The fraction of sp³-hybridized carbons (Fsp3) is 0.296. The molecular weight excluding hydrogens is 511 g/mol. The Balaban J connectivity index is 1.69. The molecule has 5 N–H and O–H groups in total. The van der Waals surface area contributed by atoms with Crippen molar-refractivity contribution in [2.45, 2.75) is 50.6 Å². The molecule has 1 aliphatic carbocycles. The van der Waals surface area contributed by atoms with E-state index in [1.165, 1.54) is 34.6 Å². The number of carbonyl (C=O) groups excluding carboxylic acids is 1. The van der Waals surface area contributed by atoms with Gasteiger partial charge >= 0.3 is 0 Å². The van der Waals surface area contributed by atoms with E-state index in [4.69, 9.17) is 34.8 Å². The fourth-order valence-corrected chi connectivity index (χ4v) is 4.91. The highest BCUT2D eigenvalue weighted by molar-refractivity contribution is 6.31. The average Bonchev–Trinajstić information content (AvgIpc) is 2.88. The van der Waals surface area contributed by atoms with Gasteiger partial charge in [0.05, 0.1) is 23.9 Å². The summed E-state index contributed by atoms with van der Waals surface area (Å²) in [4.78, 5) is 31.4. The van der Waals surface area contributed by atoms with Gasteiger partial charge in [-0.25, -0.2) is 10.8 Å². The van der Waals surface area contributed by atoms with E-state index in [1.807, 2.05) is 30.3 Å². The van der Waals surface area contributed by atoms with E-state index in [1.54, 1.807) is 18.2 Å². The molecule has 0 saturated heterocycles. The Hall–Kier alpha value is -3.33. The van der Waals surface area contributed by atoms with Crippen LogP contribution in [0, 0.1) is 0 Å². The lowest BCUT2D eigenvalue weighted by Gasteiger charge is -2.26. The van der Waals surface area contributed by atoms with Crippen molar-refractivity contribution >= 4 is 34.8 Å². The Kier molecular flexibility index (Phi) is 8.87. The number of nitrogens with two attached hydrogens (primary N) is 2. The molecule has 10 heteroatoms. The zero-order chi connectivity index (χ0) is 26.4. The number of hydrazine groups is 1. The maximum Gasteiger partial charge on any atom is 0.254 e. The first-order valence-electron chi connectivity index (χ1n) is 12.2. The van der Waals surface area contributed by atoms with Gasteiger partial charge in [0.25, 0.3) is 5.56 Å². The number of amides is 1. The van der Waals surface area contributed by atoms with Gasteiger partial charge in [0.2, 0.25) is 5.91 Å². The third kappa shape index (κ3) is 6.91. The molecule has 1 saturated carbocycles. The molecule has 4 rings (SSSR count). The van der Waals surface area contributed by atoms with Crippen LogP contribution < -0.4 is 27.5 Å². The van der Waals surface area contributed by atoms with E-state index in [-0.39, 0.29) is 22.7 Å². The first-order chi connectivity index (χ1) is 17.8. The second kappa shape index (κ2) is 12.3. The average molecular weight is 541 g/mol. The number of hydrogen-bond acceptors (Lipinski definition) is 6. The molecule has 1 aromatic heterocycles. The van der Waals surface area contributed by atoms with Crippen molar-refractivity contribution in [1.29, 1.82) is 0 Å². The van der Waals surface area contributed by atoms with Gasteiger partial charge in [0.1, 0.15) is 11.2 Å². The number of nitrogens with zero attached hydrogens (tertiary/aromatic N) is 3. The summed E-state index contributed by atoms with van der Waals surface area (Å²) in [5, 5.41) is 4.82. The molecule has 0 radical (unpaired) electrons. The predicted octanol–water partition coefficient (Wildman–Crippen LogP) is 4.47. The van der Waals surface area contributed by atoms with E-state index in [0.29, 0.717) is 28.4 Å². The minimum Gasteiger partial charge on any atom is -0.388 e. The van der Waals surface area contributed by atoms with Crippen LogP contribution in [0.25, 0.3) is 11.3 Å². The topological polar surface area (TPSA) is 119 Å². The van der Waals surface area contributed by atoms with Crippen molar-refractivity contribution < 1.29 is 4.79 Å². The lowest BCUT2D eigenvalue weighted by molar-refractivity contribution is -0.125. The highest BCUT2D eigenvalue weighted by atomic mass is 35.5. The first-order valence-corrected chi connectivity index (χ1v) is 13.0. The Labute approximate surface area is 225 Å². The van der Waals surface area contributed by atoms with E-state index in [2.05, 4.69) is 10.3 Å². The number of anilines is 1. The van der Waals surface area contributed by atoms with Gasteiger partial charge in [-0.2, -0.15) is 0 Å². The number of aromatic nitrogens is 2. The van der Waals surface area contributed by atoms with Crippen molar-refractivity contribution in [3.63, 3.8) is 0 Å². The van der Waals surface area contributed by atoms with Crippen LogP contribution in [0.1, 0.15) is 43.7 Å². The molecule has 2 aromatic carbocycles. The summed E-state index contributed by atoms with van der Waals surface area (Å²) in [6.45, 7) is 0. The predicted molar refractivity (Wildman–Crippen MR) is 148 cm³/mol. The summed E-state index contributed by atoms with van der Waals surface area (Å²) in [7, 11) is 0. The Morgan fingerprint density at radius 2 is 1.89 bits per heavy atom. The number of hydrogen-bond donors (Lipinski definition) is 3. The molecule has 194 valence electrons. The molecule has 1 amide bonds. The molecule has 0 aliphatic heterocycles. The first kappa shape index (κ1) is 26.7. The minimum atomic E-state index is -0.748. The fourth-order valence-electron chi connectivity index (χ4n) is 4.63. The Bertz CT molecular complexity index is 1320. The zero-order valence-corrected chi connectivity index (χ0v) is 21.8. The van der Waals surface area contributed by atoms with Crippen molar-refractivity contribution in [1.82, 2.24) is 14.9 Å². The zero-order valence-electron chi connectivity index (χ0n) is 20.3. The summed E-state index contributed by atoms with van der Waals surface area (Å²) in [6, 6.07) is 15.4. The van der Waals surface area contributed by atoms with Crippen LogP contribution >= 0.6 is 23.2 Å². The summed E-state index contributed by atoms with van der Waals surface area (Å²) in [5.74, 6) is 5.91. The third-order valence-electron chi connectivity index (χ3n) is 6.47. The van der Waals surface area contributed by atoms with Crippen molar-refractivity contribution in [2.75, 3.05) is 5.01 Å². The standard InChI is InChI=1S/C27H30Cl2N6O2/c28-19-11-12-23(35(31)16-25(29)30)21(14-19)22-15-26(36)34(17-32-22)24(13-18-7-3-1-4-8-18)27(37)33-20-9-5-2-6-10-20/h1,3-4,7-8,11-12,14-17,20,24H,2,5-6,9-10,13,30-31H2,(H,33,37)/b25-16-. The number of nitrogens with one attached hydrogen (secondary N) is 1. The van der Waals surface area contributed by atoms with Crippen molar-refractivity contribution in [2.24, 2.45) is 11.6 Å². The highest BCUT2D eigenvalue weighted by Gasteiger charge is 2.26. The van der Waals surface area contributed by atoms with Crippen LogP contribution in [0.15, 0.2) is 77.1 Å². The summed E-state index contributed by atoms with van der Waals surface area (Å²) < 4.78 is 1.38. The number of benzene rings is 2. The van der Waals surface area contributed by atoms with E-state index in [9.17, 15) is 9.59 Å². The van der Waals surface area contributed by atoms with Gasteiger partial charge in [-0.1, -0.05) is 72.8 Å². The third-order valence-corrected chi connectivity index (χ3v) is 6.81. The van der Waals surface area contributed by atoms with Gasteiger partial charge in [-0.15, -0.1) is 0 Å². The second-order valence-electron chi connectivity index (χ2n) is 9.15. The molecular formula is C27H30Cl2N6O2. The van der Waals surface area contributed by atoms with Gasteiger partial charge in [0, 0.05) is 29.1 Å². The molecule has 1 heterocycles. The summed E-state index contributed by atoms with van der Waals surface area (Å²) in [5.41, 5.74) is 7.49. The molecule has 0 bridgehead atoms. The lowest BCUT2D eigenvalue weighted by atomic mass is 9.95. The Morgan fingerprint density at radius 3 is 2.57 bits per heavy atom. The van der Waals surface area contributed by atoms with Gasteiger partial charge in [-0.05, 0) is 36.6 Å². The molecule has 8 nitrogen and oxygen atoms in total. The summed E-state index contributed by atoms with van der Waals surface area (Å²) in [6.07, 6.45) is 8.37. The Morgan fingerprint density at radius 1 is 1.16 bits per heavy atom. The summed E-state index contributed by atoms with van der Waals surface area (Å²) >= 11 is 12.0. The maximum atomic E-state index is 13.4. The normalized spacial score (nSPS) is 15.3. The van der Waals surface area contributed by atoms with Crippen LogP contribution in [0.5, 0.6) is 0 Å². The van der Waals surface area contributed by atoms with E-state index in [0.717, 1.165) is 31.2 Å². The molecule has 1 atom stereocenters. The van der Waals surface area contributed by atoms with Crippen LogP contribution in [-0.4, -0.2) is 21.5 Å². The number of rotatable bonds is 8. The lowest BCUT2D eigenvalue weighted by Crippen LogP contribution is -2.43. The molecule has 0 spiro atoms. The van der Waals surface area contributed by atoms with Crippen LogP contribution in [0.2, 0.25) is 5.02 Å². The second-order valence-corrected chi connectivity index (χ2v) is 10.0.